The summed E-state index contributed by atoms with van der Waals surface area (Å²) in [5.41, 5.74) is 13.0. The van der Waals surface area contributed by atoms with Crippen LogP contribution in [0.1, 0.15) is 414 Å². The van der Waals surface area contributed by atoms with E-state index in [1.807, 2.05) is 0 Å². The van der Waals surface area contributed by atoms with Crippen LogP contribution < -0.4 is 56.8 Å². The summed E-state index contributed by atoms with van der Waals surface area (Å²) in [6, 6.07) is 26.4. The highest BCUT2D eigenvalue weighted by atomic mass is 16.6. The normalized spacial score (nSPS) is 11.7. The van der Waals surface area contributed by atoms with Crippen LogP contribution in [-0.4, -0.2) is 99.2 Å². The number of aromatic nitrogens is 4. The Kier molecular flexibility index (Phi) is 51.9. The molecule has 0 saturated carbocycles. The van der Waals surface area contributed by atoms with Crippen LogP contribution in [-0.2, 0) is 0 Å². The third kappa shape index (κ3) is 35.1. The van der Waals surface area contributed by atoms with Gasteiger partial charge in [-0.2, -0.15) is 0 Å². The molecule has 4 aromatic carbocycles. The predicted molar refractivity (Wildman–Crippen MR) is 556 cm³/mol. The fourth-order valence-corrected chi connectivity index (χ4v) is 17.2. The van der Waals surface area contributed by atoms with Crippen LogP contribution in [0.4, 0.5) is 0 Å². The van der Waals surface area contributed by atoms with Crippen LogP contribution in [0, 0.1) is 0 Å². The quantitative estimate of drug-likeness (QED) is 0.0345. The van der Waals surface area contributed by atoms with E-state index in [0.717, 1.165) is 398 Å². The Hall–Kier alpha value is -8.92. The van der Waals surface area contributed by atoms with Crippen LogP contribution in [0.5, 0.6) is 69.0 Å². The molecule has 0 fully saturated rings. The topological polar surface area (TPSA) is 168 Å². The van der Waals surface area contributed by atoms with Gasteiger partial charge in [-0.3, -0.25) is 0 Å². The number of hydrogen-bond donors (Lipinski definition) is 2. The molecule has 16 nitrogen and oxygen atoms in total. The molecule has 2 N–H and O–H groups in total. The molecule has 2 aliphatic rings. The second kappa shape index (κ2) is 64.1. The van der Waals surface area contributed by atoms with E-state index >= 15 is 0 Å². The number of ether oxygens (including phenoxy) is 12. The van der Waals surface area contributed by atoms with Crippen molar-refractivity contribution in [3.05, 3.63) is 95.6 Å². The number of aromatic amines is 2. The zero-order chi connectivity index (χ0) is 93.2. The smallest absolute Gasteiger partial charge is 0.203 e. The Morgan fingerprint density at radius 1 is 0.174 bits per heavy atom. The fourth-order valence-electron chi connectivity index (χ4n) is 17.2. The molecule has 0 saturated heterocycles. The van der Waals surface area contributed by atoms with E-state index in [-0.39, 0.29) is 0 Å². The lowest BCUT2D eigenvalue weighted by Gasteiger charge is -2.20. The van der Waals surface area contributed by atoms with E-state index in [9.17, 15) is 0 Å². The van der Waals surface area contributed by atoms with E-state index in [1.165, 1.54) is 0 Å². The summed E-state index contributed by atoms with van der Waals surface area (Å²) in [5.74, 6) is 7.75. The van der Waals surface area contributed by atoms with Crippen molar-refractivity contribution in [2.45, 2.75) is 391 Å². The number of nitrogens with one attached hydrogen (secondary N) is 2. The fraction of sp³-hybridized carbons (Fsp3) is 0.621. The largest absolute Gasteiger partial charge is 0.490 e. The predicted octanol–water partition coefficient (Wildman–Crippen LogP) is 34.8. The first-order valence-corrected chi connectivity index (χ1v) is 53.6. The number of hydrogen-bond acceptors (Lipinski definition) is 14. The number of unbranched alkanes of at least 4 members (excludes halogenated alkanes) is 36. The van der Waals surface area contributed by atoms with Gasteiger partial charge in [0.2, 0.25) is 23.0 Å². The maximum absolute atomic E-state index is 7.15. The van der Waals surface area contributed by atoms with Gasteiger partial charge >= 0.3 is 0 Å². The average Bonchev–Trinajstić information content (AvgIpc) is 1.59. The van der Waals surface area contributed by atoms with Crippen molar-refractivity contribution in [1.82, 2.24) is 19.9 Å². The van der Waals surface area contributed by atoms with Crippen molar-refractivity contribution in [3.63, 3.8) is 0 Å². The Labute approximate surface area is 798 Å². The standard InChI is InChI=1S/C116H174N4O12/c1-13-25-37-49-69-121-101-81-89(82-102(122-70-50-38-26-14-2)113(101)129-77-57-45-33-21-9)109-93-61-63-95(117-93)110(90-83-103(123-71-51-39-27-15-3)114(130-78-58-46-34-22-10)104(84-90)124-72-52-40-28-16-4)97-65-67-99(119-97)112(92-87-107(127-75-55-43-31-19-7)116(132-80-60-48-36-24-12)108(88-92)128-76-56-44-32-20-8)100-68-66-98(120-100)111(96-64-62-94(109)118-96)91-85-105(125-73-53-41-29-17-5)115(131-79-59-47-35-23-11)106(86-91)126-74-54-42-30-18-6/h61-68,81-88,117,120H,13-60,69-80H2,1-12H3. The number of fused-ring (bicyclic) bond motifs is 8. The van der Waals surface area contributed by atoms with Gasteiger partial charge < -0.3 is 66.8 Å². The first-order valence-electron chi connectivity index (χ1n) is 53.6. The van der Waals surface area contributed by atoms with E-state index < -0.39 is 0 Å². The second-order valence-corrected chi connectivity index (χ2v) is 36.6. The Bertz CT molecular complexity index is 3930. The molecule has 0 atom stereocenters. The van der Waals surface area contributed by atoms with Gasteiger partial charge in [0.05, 0.1) is 102 Å². The summed E-state index contributed by atoms with van der Waals surface area (Å²) in [4.78, 5) is 20.5. The summed E-state index contributed by atoms with van der Waals surface area (Å²) in [5, 5.41) is 0. The van der Waals surface area contributed by atoms with Gasteiger partial charge in [-0.25, -0.2) is 9.97 Å². The molecule has 9 rings (SSSR count). The molecule has 2 aliphatic heterocycles. The van der Waals surface area contributed by atoms with Crippen LogP contribution in [0.15, 0.2) is 72.8 Å². The van der Waals surface area contributed by atoms with Crippen LogP contribution in [0.2, 0.25) is 0 Å². The third-order valence-electron chi connectivity index (χ3n) is 25.0. The molecular formula is C116H174N4O12. The van der Waals surface area contributed by atoms with Crippen molar-refractivity contribution in [2.24, 2.45) is 0 Å². The average molecular weight is 1820 g/mol. The van der Waals surface area contributed by atoms with Gasteiger partial charge in [0, 0.05) is 44.3 Å². The van der Waals surface area contributed by atoms with Crippen LogP contribution in [0.3, 0.4) is 0 Å². The molecule has 5 heterocycles. The Morgan fingerprint density at radius 2 is 0.311 bits per heavy atom. The molecule has 730 valence electrons. The third-order valence-corrected chi connectivity index (χ3v) is 25.0. The second-order valence-electron chi connectivity index (χ2n) is 36.6. The number of nitrogens with zero attached hydrogens (tertiary/aromatic N) is 2. The molecule has 8 bridgehead atoms. The first-order chi connectivity index (χ1) is 65.1. The molecule has 0 amide bonds. The van der Waals surface area contributed by atoms with E-state index in [0.29, 0.717) is 148 Å². The number of H-pyrrole nitrogens is 2. The van der Waals surface area contributed by atoms with Crippen molar-refractivity contribution in [3.8, 4) is 114 Å². The first kappa shape index (κ1) is 107. The summed E-state index contributed by atoms with van der Waals surface area (Å²) >= 11 is 0. The van der Waals surface area contributed by atoms with Gasteiger partial charge in [0.1, 0.15) is 0 Å². The maximum Gasteiger partial charge on any atom is 0.203 e. The van der Waals surface area contributed by atoms with Gasteiger partial charge in [-0.15, -0.1) is 0 Å². The lowest BCUT2D eigenvalue weighted by molar-refractivity contribution is 0.234. The van der Waals surface area contributed by atoms with Gasteiger partial charge in [-0.05, 0) is 196 Å². The number of benzene rings is 4. The minimum Gasteiger partial charge on any atom is -0.490 e. The lowest BCUT2D eigenvalue weighted by atomic mass is 10.0. The molecule has 3 aromatic heterocycles. The summed E-state index contributed by atoms with van der Waals surface area (Å²) in [7, 11) is 0. The van der Waals surface area contributed by atoms with Gasteiger partial charge in [0.15, 0.2) is 46.0 Å². The lowest BCUT2D eigenvalue weighted by Crippen LogP contribution is -2.07. The summed E-state index contributed by atoms with van der Waals surface area (Å²) in [6.45, 7) is 33.4. The Morgan fingerprint density at radius 3 is 0.447 bits per heavy atom. The maximum atomic E-state index is 7.15. The van der Waals surface area contributed by atoms with Crippen molar-refractivity contribution < 1.29 is 56.8 Å². The number of rotatable bonds is 76. The molecule has 0 aliphatic carbocycles. The van der Waals surface area contributed by atoms with Crippen molar-refractivity contribution in [2.75, 3.05) is 79.3 Å². The van der Waals surface area contributed by atoms with Crippen LogP contribution >= 0.6 is 0 Å². The highest BCUT2D eigenvalue weighted by Gasteiger charge is 2.29. The van der Waals surface area contributed by atoms with Crippen LogP contribution in [0.25, 0.3) is 90.9 Å². The monoisotopic (exact) mass is 1820 g/mol. The minimum absolute atomic E-state index is 0.519. The molecule has 0 radical (unpaired) electrons. The van der Waals surface area contributed by atoms with Gasteiger partial charge in [0.25, 0.3) is 0 Å². The Balaban J connectivity index is 1.51. The zero-order valence-corrected chi connectivity index (χ0v) is 84.5. The highest BCUT2D eigenvalue weighted by molar-refractivity contribution is 6.01. The molecule has 0 unspecified atom stereocenters. The molecule has 0 spiro atoms. The van der Waals surface area contributed by atoms with Gasteiger partial charge in [-0.1, -0.05) is 314 Å². The molecular weight excluding hydrogens is 1640 g/mol. The molecule has 132 heavy (non-hydrogen) atoms. The van der Waals surface area contributed by atoms with E-state index in [1.54, 1.807) is 0 Å². The van der Waals surface area contributed by atoms with Crippen molar-refractivity contribution in [1.29, 1.82) is 0 Å². The molecule has 7 aromatic rings. The SMILES string of the molecule is CCCCCCOc1cc(-c2c3nc(c(-c4cc(OCCCCCC)c(OCCCCCC)c(OCCCCCC)c4)c4ccc([nH]4)c(-c4cc(OCCCCCC)c(OCCCCCC)c(OCCCCCC)c4)c4nc(c(-c5cc(OCCCCCC)c(OCCCCCC)c(OCCCCCC)c5)c5ccc2[nH]5)C=C4)C=C3)cc(OCCCCCC)c1OCCCCCC. The molecule has 16 heteroatoms. The summed E-state index contributed by atoms with van der Waals surface area (Å²) < 4.78 is 85.3. The summed E-state index contributed by atoms with van der Waals surface area (Å²) in [6.07, 6.45) is 59.3. The van der Waals surface area contributed by atoms with E-state index in [2.05, 4.69) is 190 Å². The van der Waals surface area contributed by atoms with Crippen molar-refractivity contribution >= 4 is 46.4 Å². The zero-order valence-electron chi connectivity index (χ0n) is 84.5. The highest BCUT2D eigenvalue weighted by Crippen LogP contribution is 2.51. The van der Waals surface area contributed by atoms with E-state index in [4.69, 9.17) is 66.8 Å². The minimum atomic E-state index is 0.519.